The number of carbonyl (C=O) groups excluding carboxylic acids is 4. The summed E-state index contributed by atoms with van der Waals surface area (Å²) in [4.78, 5) is 83.8. The Hall–Kier alpha value is -5.53. The lowest BCUT2D eigenvalue weighted by Crippen LogP contribution is -2.40. The summed E-state index contributed by atoms with van der Waals surface area (Å²) in [5.74, 6) is -3.18. The molecule has 4 rings (SSSR count). The van der Waals surface area contributed by atoms with E-state index in [4.69, 9.17) is 4.74 Å². The Balaban J connectivity index is 1.59. The van der Waals surface area contributed by atoms with Crippen molar-refractivity contribution in [1.29, 1.82) is 0 Å². The molecule has 0 bridgehead atoms. The van der Waals surface area contributed by atoms with Crippen LogP contribution >= 0.6 is 0 Å². The van der Waals surface area contributed by atoms with Crippen LogP contribution in [0.1, 0.15) is 105 Å². The molecule has 1 fully saturated rings. The molecular weight excluding hydrogens is 670 g/mol. The molecule has 2 unspecified atom stereocenters. The number of ether oxygens (including phenoxy) is 1. The number of carbonyl (C=O) groups is 6. The number of anilines is 2. The highest BCUT2D eigenvalue weighted by Gasteiger charge is 2.37. The average molecular weight is 718 g/mol. The first-order valence-electron chi connectivity index (χ1n) is 17.3. The molecule has 1 aliphatic heterocycles. The number of hydrogen-bond acceptors (Lipinski definition) is 8. The molecule has 2 atom stereocenters. The fourth-order valence-corrected chi connectivity index (χ4v) is 7.02. The highest BCUT2D eigenvalue weighted by atomic mass is 16.5. The van der Waals surface area contributed by atoms with Gasteiger partial charge in [0.25, 0.3) is 0 Å². The summed E-state index contributed by atoms with van der Waals surface area (Å²) in [6.45, 7) is 14.4. The van der Waals surface area contributed by atoms with Crippen LogP contribution in [0.4, 0.5) is 11.5 Å². The number of nitrogens with zero attached hydrogens (tertiary/aromatic N) is 2. The lowest BCUT2D eigenvalue weighted by atomic mass is 9.75. The number of benzene rings is 1. The Labute approximate surface area is 302 Å². The molecular formula is C38H47N5O9. The van der Waals surface area contributed by atoms with E-state index in [1.807, 2.05) is 13.8 Å². The number of esters is 1. The fraction of sp³-hybridized carbons (Fsp3) is 0.447. The van der Waals surface area contributed by atoms with Crippen molar-refractivity contribution in [3.8, 4) is 0 Å². The minimum Gasteiger partial charge on any atom is -0.478 e. The van der Waals surface area contributed by atoms with Gasteiger partial charge in [0.15, 0.2) is 0 Å². The van der Waals surface area contributed by atoms with Crippen molar-refractivity contribution in [3.05, 3.63) is 63.0 Å². The number of rotatable bonds is 11. The molecule has 1 aromatic carbocycles. The number of allylic oxidation sites excluding steroid dienone is 1. The van der Waals surface area contributed by atoms with Crippen LogP contribution in [-0.2, 0) is 23.9 Å². The van der Waals surface area contributed by atoms with Crippen molar-refractivity contribution >= 4 is 59.0 Å². The molecule has 3 amide bonds. The number of aliphatic imine (C=N–C) groups is 1. The van der Waals surface area contributed by atoms with E-state index in [9.17, 15) is 39.0 Å². The lowest BCUT2D eigenvalue weighted by molar-refractivity contribution is -0.152. The minimum absolute atomic E-state index is 0.0231. The molecule has 1 aliphatic carbocycles. The number of aromatic amines is 1. The first kappa shape index (κ1) is 39.3. The summed E-state index contributed by atoms with van der Waals surface area (Å²) in [6.07, 6.45) is 3.26. The highest BCUT2D eigenvalue weighted by Crippen LogP contribution is 2.37. The van der Waals surface area contributed by atoms with E-state index in [2.05, 4.69) is 41.4 Å². The monoisotopic (exact) mass is 717 g/mol. The van der Waals surface area contributed by atoms with E-state index in [1.54, 1.807) is 13.0 Å². The van der Waals surface area contributed by atoms with E-state index in [0.29, 0.717) is 28.7 Å². The fourth-order valence-electron chi connectivity index (χ4n) is 7.02. The first-order chi connectivity index (χ1) is 24.4. The molecule has 2 heterocycles. The van der Waals surface area contributed by atoms with Crippen molar-refractivity contribution in [2.45, 2.75) is 87.2 Å². The Morgan fingerprint density at radius 3 is 2.06 bits per heavy atom. The maximum Gasteiger partial charge on any atom is 0.342 e. The number of aromatic carboxylic acids is 2. The molecule has 52 heavy (non-hydrogen) atoms. The van der Waals surface area contributed by atoms with Crippen molar-refractivity contribution in [2.24, 2.45) is 22.7 Å². The van der Waals surface area contributed by atoms with Gasteiger partial charge in [0.2, 0.25) is 17.7 Å². The molecule has 2 aliphatic rings. The summed E-state index contributed by atoms with van der Waals surface area (Å²) < 4.78 is 6.12. The summed E-state index contributed by atoms with van der Waals surface area (Å²) in [5.41, 5.74) is 2.85. The molecule has 14 nitrogen and oxygen atoms in total. The van der Waals surface area contributed by atoms with Gasteiger partial charge in [-0.2, -0.15) is 0 Å². The first-order valence-corrected chi connectivity index (χ1v) is 17.3. The highest BCUT2D eigenvalue weighted by molar-refractivity contribution is 6.25. The van der Waals surface area contributed by atoms with Crippen molar-refractivity contribution in [3.63, 3.8) is 0 Å². The van der Waals surface area contributed by atoms with Crippen LogP contribution in [0, 0.1) is 31.6 Å². The van der Waals surface area contributed by atoms with Crippen molar-refractivity contribution in [2.75, 3.05) is 16.8 Å². The van der Waals surface area contributed by atoms with Gasteiger partial charge in [-0.3, -0.25) is 14.4 Å². The second kappa shape index (κ2) is 16.2. The summed E-state index contributed by atoms with van der Waals surface area (Å²) in [6, 6.07) is 3.40. The number of carboxylic acid groups (broad SMARTS) is 2. The lowest BCUT2D eigenvalue weighted by Gasteiger charge is -2.37. The second-order valence-electron chi connectivity index (χ2n) is 13.9. The number of amidine groups is 1. The van der Waals surface area contributed by atoms with Gasteiger partial charge in [-0.25, -0.2) is 19.4 Å². The number of aromatic nitrogens is 1. The summed E-state index contributed by atoms with van der Waals surface area (Å²) in [7, 11) is 0. The number of amides is 3. The molecule has 14 heteroatoms. The van der Waals surface area contributed by atoms with Crippen LogP contribution in [0.3, 0.4) is 0 Å². The van der Waals surface area contributed by atoms with Crippen LogP contribution in [-0.4, -0.2) is 69.3 Å². The van der Waals surface area contributed by atoms with Gasteiger partial charge in [-0.1, -0.05) is 20.8 Å². The largest absolute Gasteiger partial charge is 0.478 e. The van der Waals surface area contributed by atoms with Gasteiger partial charge in [0, 0.05) is 38.2 Å². The zero-order chi connectivity index (χ0) is 38.6. The third-order valence-electron chi connectivity index (χ3n) is 9.68. The summed E-state index contributed by atoms with van der Waals surface area (Å²) >= 11 is 0. The van der Waals surface area contributed by atoms with Gasteiger partial charge < -0.3 is 35.5 Å². The van der Waals surface area contributed by atoms with Crippen molar-refractivity contribution in [1.82, 2.24) is 10.3 Å². The molecule has 0 saturated heterocycles. The summed E-state index contributed by atoms with van der Waals surface area (Å²) in [5, 5.41) is 24.5. The minimum atomic E-state index is -1.35. The van der Waals surface area contributed by atoms with Crippen LogP contribution in [0.2, 0.25) is 0 Å². The Morgan fingerprint density at radius 1 is 0.923 bits per heavy atom. The van der Waals surface area contributed by atoms with Crippen LogP contribution < -0.4 is 15.5 Å². The molecule has 2 aromatic rings. The quantitative estimate of drug-likeness (QED) is 0.183. The van der Waals surface area contributed by atoms with E-state index < -0.39 is 29.7 Å². The Kier molecular flexibility index (Phi) is 12.2. The average Bonchev–Trinajstić information content (AvgIpc) is 3.49. The maximum absolute atomic E-state index is 13.9. The maximum atomic E-state index is 13.9. The Bertz CT molecular complexity index is 1860. The van der Waals surface area contributed by atoms with E-state index in [1.165, 1.54) is 30.9 Å². The zero-order valence-corrected chi connectivity index (χ0v) is 30.8. The standard InChI is InChI=1S/C38H47N5O9/c1-18-12-19(2)33(20(3)13-18)52-38(51)32-23(6)30(17-29-21(4)22(5)34(40-29)39-24(7)44)41-35(32)42-31(46)10-9-11-43(25(8)45)28-15-26(36(47)48)14-27(16-28)37(49)50/h14-20,33,40H,9-13H2,1-8H3,(H,39,44)(H,47,48)(H,49,50)(H,41,42,46)/b30-17-. The Morgan fingerprint density at radius 2 is 1.52 bits per heavy atom. The van der Waals surface area contributed by atoms with Gasteiger partial charge >= 0.3 is 17.9 Å². The van der Waals surface area contributed by atoms with E-state index >= 15 is 0 Å². The molecule has 278 valence electrons. The third-order valence-corrected chi connectivity index (χ3v) is 9.68. The second-order valence-corrected chi connectivity index (χ2v) is 13.9. The normalized spacial score (nSPS) is 20.7. The molecule has 1 aromatic heterocycles. The molecule has 5 N–H and O–H groups in total. The number of H-pyrrole nitrogens is 1. The molecule has 0 spiro atoms. The smallest absolute Gasteiger partial charge is 0.342 e. The van der Waals surface area contributed by atoms with Gasteiger partial charge in [-0.05, 0) is 98.8 Å². The zero-order valence-electron chi connectivity index (χ0n) is 30.8. The van der Waals surface area contributed by atoms with Gasteiger partial charge in [-0.15, -0.1) is 0 Å². The predicted molar refractivity (Wildman–Crippen MR) is 195 cm³/mol. The predicted octanol–water partition coefficient (Wildman–Crippen LogP) is 5.62. The number of hydrogen-bond donors (Lipinski definition) is 5. The van der Waals surface area contributed by atoms with Gasteiger partial charge in [0.1, 0.15) is 23.3 Å². The topological polar surface area (TPSA) is 208 Å². The van der Waals surface area contributed by atoms with Crippen LogP contribution in [0.25, 0.3) is 6.08 Å². The van der Waals surface area contributed by atoms with Gasteiger partial charge in [0.05, 0.1) is 16.8 Å². The third kappa shape index (κ3) is 9.03. The van der Waals surface area contributed by atoms with E-state index in [-0.39, 0.29) is 71.5 Å². The number of nitrogens with one attached hydrogen (secondary N) is 3. The van der Waals surface area contributed by atoms with E-state index in [0.717, 1.165) is 30.0 Å². The molecule has 0 radical (unpaired) electrons. The van der Waals surface area contributed by atoms with Crippen molar-refractivity contribution < 1.29 is 43.7 Å². The number of carboxylic acids is 2. The SMILES string of the molecule is CC(=O)Nc1[nH]c(/C=C2\N=C(NC(=O)CCCN(C(C)=O)c3cc(C(=O)O)cc(C(=O)O)c3)C(C(=O)OC3C(C)CC(C)CC3C)=C2C)c(C)c1C. The van der Waals surface area contributed by atoms with Crippen LogP contribution in [0.15, 0.2) is 40.0 Å². The molecule has 1 saturated carbocycles. The van der Waals surface area contributed by atoms with Crippen LogP contribution in [0.5, 0.6) is 0 Å².